The quantitative estimate of drug-likeness (QED) is 0.478. The van der Waals surface area contributed by atoms with Crippen LogP contribution in [0.5, 0.6) is 0 Å². The zero-order chi connectivity index (χ0) is 19.7. The number of anilines is 1. The minimum Gasteiger partial charge on any atom is -0.463 e. The summed E-state index contributed by atoms with van der Waals surface area (Å²) in [6.07, 6.45) is -0.0707. The Morgan fingerprint density at radius 1 is 1.11 bits per heavy atom. The van der Waals surface area contributed by atoms with E-state index in [9.17, 15) is 18.0 Å². The Morgan fingerprint density at radius 2 is 1.78 bits per heavy atom. The van der Waals surface area contributed by atoms with Gasteiger partial charge in [-0.05, 0) is 24.3 Å². The smallest absolute Gasteiger partial charge is 0.306 e. The van der Waals surface area contributed by atoms with E-state index in [2.05, 4.69) is 5.32 Å². The minimum absolute atomic E-state index is 0.0281. The average Bonchev–Trinajstić information content (AvgIpc) is 2.68. The summed E-state index contributed by atoms with van der Waals surface area (Å²) in [6.45, 7) is 1.85. The van der Waals surface area contributed by atoms with E-state index in [1.54, 1.807) is 0 Å². The summed E-state index contributed by atoms with van der Waals surface area (Å²) in [6, 6.07) is 5.92. The van der Waals surface area contributed by atoms with Crippen LogP contribution in [0.3, 0.4) is 0 Å². The van der Waals surface area contributed by atoms with Gasteiger partial charge in [0.1, 0.15) is 6.61 Å². The molecule has 1 aliphatic rings. The first-order valence-electron chi connectivity index (χ1n) is 8.56. The Labute approximate surface area is 158 Å². The molecular weight excluding hydrogens is 376 g/mol. The van der Waals surface area contributed by atoms with Crippen LogP contribution >= 0.6 is 0 Å². The molecule has 1 fully saturated rings. The van der Waals surface area contributed by atoms with Crippen LogP contribution in [0.15, 0.2) is 29.2 Å². The van der Waals surface area contributed by atoms with E-state index in [0.717, 1.165) is 0 Å². The molecule has 1 heterocycles. The number of nitrogens with one attached hydrogen (secondary N) is 1. The molecule has 0 saturated carbocycles. The van der Waals surface area contributed by atoms with Crippen molar-refractivity contribution in [3.8, 4) is 0 Å². The second-order valence-corrected chi connectivity index (χ2v) is 7.74. The highest BCUT2D eigenvalue weighted by atomic mass is 32.2. The number of rotatable bonds is 9. The van der Waals surface area contributed by atoms with E-state index in [-0.39, 0.29) is 30.3 Å². The molecule has 2 rings (SSSR count). The molecule has 1 N–H and O–H groups in total. The van der Waals surface area contributed by atoms with Crippen molar-refractivity contribution in [2.75, 3.05) is 51.9 Å². The third-order valence-corrected chi connectivity index (χ3v) is 5.77. The van der Waals surface area contributed by atoms with Crippen LogP contribution in [0.4, 0.5) is 5.69 Å². The summed E-state index contributed by atoms with van der Waals surface area (Å²) >= 11 is 0. The van der Waals surface area contributed by atoms with Crippen molar-refractivity contribution in [3.63, 3.8) is 0 Å². The summed E-state index contributed by atoms with van der Waals surface area (Å²) in [4.78, 5) is 23.5. The molecule has 0 atom stereocenters. The number of amides is 1. The molecule has 150 valence electrons. The van der Waals surface area contributed by atoms with Gasteiger partial charge in [0.25, 0.3) is 0 Å². The SMILES string of the molecule is COCCOC(=O)CCC(=O)Nc1ccc(S(=O)(=O)N2CCOCC2)cc1. The fraction of sp³-hybridized carbons (Fsp3) is 0.529. The van der Waals surface area contributed by atoms with E-state index < -0.39 is 16.0 Å². The molecule has 10 heteroatoms. The molecule has 0 bridgehead atoms. The first kappa shape index (κ1) is 21.3. The number of esters is 1. The zero-order valence-corrected chi connectivity index (χ0v) is 16.0. The van der Waals surface area contributed by atoms with Gasteiger partial charge in [-0.2, -0.15) is 4.31 Å². The van der Waals surface area contributed by atoms with Crippen molar-refractivity contribution in [2.45, 2.75) is 17.7 Å². The standard InChI is InChI=1S/C17H24N2O7S/c1-24-12-13-26-17(21)7-6-16(20)18-14-2-4-15(5-3-14)27(22,23)19-8-10-25-11-9-19/h2-5H,6-13H2,1H3,(H,18,20). The summed E-state index contributed by atoms with van der Waals surface area (Å²) in [5, 5.41) is 2.62. The first-order valence-corrected chi connectivity index (χ1v) is 10.00. The van der Waals surface area contributed by atoms with Crippen LogP contribution < -0.4 is 5.32 Å². The van der Waals surface area contributed by atoms with Crippen molar-refractivity contribution in [1.82, 2.24) is 4.31 Å². The van der Waals surface area contributed by atoms with Crippen LogP contribution in [0, 0.1) is 0 Å². The van der Waals surface area contributed by atoms with Crippen LogP contribution in [0.2, 0.25) is 0 Å². The maximum Gasteiger partial charge on any atom is 0.306 e. The Bertz CT molecular complexity index is 728. The molecular formula is C17H24N2O7S. The van der Waals surface area contributed by atoms with Gasteiger partial charge in [-0.15, -0.1) is 0 Å². The maximum atomic E-state index is 12.5. The summed E-state index contributed by atoms with van der Waals surface area (Å²) < 4.78 is 41.2. The van der Waals surface area contributed by atoms with Crippen LogP contribution in [-0.2, 0) is 33.8 Å². The number of carbonyl (C=O) groups excluding carboxylic acids is 2. The molecule has 0 aromatic heterocycles. The molecule has 1 aromatic carbocycles. The highest BCUT2D eigenvalue weighted by Gasteiger charge is 2.26. The molecule has 1 saturated heterocycles. The van der Waals surface area contributed by atoms with E-state index in [1.165, 1.54) is 35.7 Å². The summed E-state index contributed by atoms with van der Waals surface area (Å²) in [7, 11) is -2.07. The minimum atomic E-state index is -3.57. The number of benzene rings is 1. The number of ether oxygens (including phenoxy) is 3. The number of nitrogens with zero attached hydrogens (tertiary/aromatic N) is 1. The first-order chi connectivity index (χ1) is 12.9. The number of hydrogen-bond acceptors (Lipinski definition) is 7. The van der Waals surface area contributed by atoms with Crippen molar-refractivity contribution in [3.05, 3.63) is 24.3 Å². The van der Waals surface area contributed by atoms with Gasteiger partial charge in [-0.3, -0.25) is 9.59 Å². The van der Waals surface area contributed by atoms with Gasteiger partial charge < -0.3 is 19.5 Å². The predicted octanol–water partition coefficient (Wildman–Crippen LogP) is 0.616. The van der Waals surface area contributed by atoms with Crippen molar-refractivity contribution >= 4 is 27.6 Å². The normalized spacial score (nSPS) is 15.3. The molecule has 1 aromatic rings. The molecule has 0 radical (unpaired) electrons. The number of hydrogen-bond donors (Lipinski definition) is 1. The highest BCUT2D eigenvalue weighted by molar-refractivity contribution is 7.89. The molecule has 0 unspecified atom stereocenters. The molecule has 1 amide bonds. The number of sulfonamides is 1. The number of methoxy groups -OCH3 is 1. The Balaban J connectivity index is 1.84. The monoisotopic (exact) mass is 400 g/mol. The van der Waals surface area contributed by atoms with Gasteiger partial charge in [-0.1, -0.05) is 0 Å². The van der Waals surface area contributed by atoms with E-state index in [1.807, 2.05) is 0 Å². The van der Waals surface area contributed by atoms with Gasteiger partial charge in [0.05, 0.1) is 31.1 Å². The Morgan fingerprint density at radius 3 is 2.41 bits per heavy atom. The van der Waals surface area contributed by atoms with E-state index >= 15 is 0 Å². The largest absolute Gasteiger partial charge is 0.463 e. The molecule has 0 spiro atoms. The average molecular weight is 400 g/mol. The second kappa shape index (κ2) is 10.4. The lowest BCUT2D eigenvalue weighted by Gasteiger charge is -2.26. The van der Waals surface area contributed by atoms with Gasteiger partial charge in [0.15, 0.2) is 0 Å². The molecule has 9 nitrogen and oxygen atoms in total. The third-order valence-electron chi connectivity index (χ3n) is 3.85. The zero-order valence-electron chi connectivity index (χ0n) is 15.2. The summed E-state index contributed by atoms with van der Waals surface area (Å²) in [5.41, 5.74) is 0.452. The van der Waals surface area contributed by atoms with Crippen LogP contribution in [0.1, 0.15) is 12.8 Å². The third kappa shape index (κ3) is 6.58. The fourth-order valence-corrected chi connectivity index (χ4v) is 3.80. The van der Waals surface area contributed by atoms with Crippen LogP contribution in [0.25, 0.3) is 0 Å². The number of carbonyl (C=O) groups is 2. The van der Waals surface area contributed by atoms with Crippen molar-refractivity contribution < 1.29 is 32.2 Å². The second-order valence-electron chi connectivity index (χ2n) is 5.80. The number of morpholine rings is 1. The Hall–Kier alpha value is -2.01. The fourth-order valence-electron chi connectivity index (χ4n) is 2.40. The lowest BCUT2D eigenvalue weighted by atomic mass is 10.2. The van der Waals surface area contributed by atoms with Gasteiger partial charge in [0, 0.05) is 32.3 Å². The Kier molecular flexibility index (Phi) is 8.17. The topological polar surface area (TPSA) is 111 Å². The maximum absolute atomic E-state index is 12.5. The molecule has 1 aliphatic heterocycles. The highest BCUT2D eigenvalue weighted by Crippen LogP contribution is 2.19. The van der Waals surface area contributed by atoms with E-state index in [0.29, 0.717) is 38.6 Å². The van der Waals surface area contributed by atoms with Crippen molar-refractivity contribution in [1.29, 1.82) is 0 Å². The van der Waals surface area contributed by atoms with E-state index in [4.69, 9.17) is 14.2 Å². The molecule has 27 heavy (non-hydrogen) atoms. The lowest BCUT2D eigenvalue weighted by molar-refractivity contribution is -0.145. The molecule has 0 aliphatic carbocycles. The van der Waals surface area contributed by atoms with Crippen LogP contribution in [-0.4, -0.2) is 71.2 Å². The van der Waals surface area contributed by atoms with Gasteiger partial charge in [0.2, 0.25) is 15.9 Å². The lowest BCUT2D eigenvalue weighted by Crippen LogP contribution is -2.40. The summed E-state index contributed by atoms with van der Waals surface area (Å²) in [5.74, 6) is -0.836. The van der Waals surface area contributed by atoms with Crippen molar-refractivity contribution in [2.24, 2.45) is 0 Å². The predicted molar refractivity (Wildman–Crippen MR) is 96.7 cm³/mol. The van der Waals surface area contributed by atoms with Gasteiger partial charge >= 0.3 is 5.97 Å². The van der Waals surface area contributed by atoms with Gasteiger partial charge in [-0.25, -0.2) is 8.42 Å².